The molecule has 3 heterocycles. The van der Waals surface area contributed by atoms with Crippen LogP contribution in [0.5, 0.6) is 0 Å². The first-order chi connectivity index (χ1) is 16.0. The van der Waals surface area contributed by atoms with Gasteiger partial charge in [-0.25, -0.2) is 0 Å². The standard InChI is InChI=1S/C24H23NO7S/c1-13(26)30-20-18(25-21(27)15-10-6-7-11-16(15)22(25)28)24(33-2)31-17-12-29-23(32-19(17)20)14-8-4-3-5-9-14/h3-11,17-20,23-24H,12H2,1-2H3/t17-,18-,19+,20-,23+,24+/m1/s1. The lowest BCUT2D eigenvalue weighted by Crippen LogP contribution is -2.67. The van der Waals surface area contributed by atoms with Crippen LogP contribution in [0.1, 0.15) is 39.5 Å². The van der Waals surface area contributed by atoms with Crippen LogP contribution in [0.25, 0.3) is 0 Å². The fourth-order valence-electron chi connectivity index (χ4n) is 4.61. The maximum Gasteiger partial charge on any atom is 0.303 e. The van der Waals surface area contributed by atoms with Gasteiger partial charge in [0.05, 0.1) is 17.7 Å². The van der Waals surface area contributed by atoms with E-state index in [1.807, 2.05) is 36.6 Å². The zero-order chi connectivity index (χ0) is 23.1. The van der Waals surface area contributed by atoms with Gasteiger partial charge in [-0.1, -0.05) is 42.5 Å². The number of thioether (sulfide) groups is 1. The van der Waals surface area contributed by atoms with E-state index in [1.165, 1.54) is 18.7 Å². The third-order valence-corrected chi connectivity index (χ3v) is 6.89. The molecular weight excluding hydrogens is 446 g/mol. The van der Waals surface area contributed by atoms with E-state index in [4.69, 9.17) is 18.9 Å². The number of esters is 1. The molecule has 2 fully saturated rings. The first-order valence-electron chi connectivity index (χ1n) is 10.6. The van der Waals surface area contributed by atoms with Crippen molar-refractivity contribution in [3.8, 4) is 0 Å². The van der Waals surface area contributed by atoms with Crippen LogP contribution in [-0.2, 0) is 23.7 Å². The van der Waals surface area contributed by atoms with Gasteiger partial charge in [0.15, 0.2) is 12.4 Å². The number of imide groups is 1. The Balaban J connectivity index is 1.52. The van der Waals surface area contributed by atoms with Crippen molar-refractivity contribution in [1.82, 2.24) is 4.90 Å². The Bertz CT molecular complexity index is 1040. The molecule has 0 N–H and O–H groups in total. The van der Waals surface area contributed by atoms with Crippen molar-refractivity contribution in [3.63, 3.8) is 0 Å². The molecule has 2 saturated heterocycles. The van der Waals surface area contributed by atoms with Gasteiger partial charge in [-0.3, -0.25) is 19.3 Å². The van der Waals surface area contributed by atoms with E-state index < -0.39 is 53.9 Å². The summed E-state index contributed by atoms with van der Waals surface area (Å²) >= 11 is 1.34. The third-order valence-electron chi connectivity index (χ3n) is 6.04. The highest BCUT2D eigenvalue weighted by atomic mass is 32.2. The summed E-state index contributed by atoms with van der Waals surface area (Å²) in [6, 6.07) is 15.2. The van der Waals surface area contributed by atoms with Crippen LogP contribution in [0.15, 0.2) is 54.6 Å². The summed E-state index contributed by atoms with van der Waals surface area (Å²) in [4.78, 5) is 39.8. The Morgan fingerprint density at radius 3 is 2.24 bits per heavy atom. The number of benzene rings is 2. The van der Waals surface area contributed by atoms with Gasteiger partial charge in [-0.15, -0.1) is 11.8 Å². The van der Waals surface area contributed by atoms with Gasteiger partial charge in [-0.2, -0.15) is 0 Å². The predicted molar refractivity (Wildman–Crippen MR) is 118 cm³/mol. The summed E-state index contributed by atoms with van der Waals surface area (Å²) in [5.74, 6) is -1.41. The quantitative estimate of drug-likeness (QED) is 0.499. The molecule has 8 nitrogen and oxygen atoms in total. The second-order valence-electron chi connectivity index (χ2n) is 8.05. The summed E-state index contributed by atoms with van der Waals surface area (Å²) < 4.78 is 24.1. The van der Waals surface area contributed by atoms with Crippen molar-refractivity contribution in [2.75, 3.05) is 12.9 Å². The number of rotatable bonds is 4. The van der Waals surface area contributed by atoms with Gasteiger partial charge >= 0.3 is 5.97 Å². The van der Waals surface area contributed by atoms with Crippen LogP contribution >= 0.6 is 11.8 Å². The minimum Gasteiger partial charge on any atom is -0.457 e. The van der Waals surface area contributed by atoms with Gasteiger partial charge in [0.2, 0.25) is 0 Å². The van der Waals surface area contributed by atoms with Crippen LogP contribution in [-0.4, -0.2) is 65.3 Å². The zero-order valence-corrected chi connectivity index (χ0v) is 18.9. The maximum atomic E-state index is 13.3. The topological polar surface area (TPSA) is 91.4 Å². The second kappa shape index (κ2) is 8.90. The van der Waals surface area contributed by atoms with Gasteiger partial charge in [0.25, 0.3) is 11.8 Å². The summed E-state index contributed by atoms with van der Waals surface area (Å²) in [5.41, 5.74) is 0.822. The molecule has 5 rings (SSSR count). The van der Waals surface area contributed by atoms with E-state index in [1.54, 1.807) is 24.3 Å². The van der Waals surface area contributed by atoms with Gasteiger partial charge in [0, 0.05) is 12.5 Å². The van der Waals surface area contributed by atoms with Crippen LogP contribution in [0.4, 0.5) is 0 Å². The average molecular weight is 470 g/mol. The molecular formula is C24H23NO7S. The van der Waals surface area contributed by atoms with Crippen molar-refractivity contribution in [2.24, 2.45) is 0 Å². The minimum absolute atomic E-state index is 0.216. The van der Waals surface area contributed by atoms with Crippen molar-refractivity contribution >= 4 is 29.5 Å². The third kappa shape index (κ3) is 3.85. The van der Waals surface area contributed by atoms with E-state index in [2.05, 4.69) is 0 Å². The zero-order valence-electron chi connectivity index (χ0n) is 18.1. The highest BCUT2D eigenvalue weighted by Gasteiger charge is 2.57. The van der Waals surface area contributed by atoms with E-state index in [9.17, 15) is 14.4 Å². The van der Waals surface area contributed by atoms with E-state index in [-0.39, 0.29) is 6.61 Å². The van der Waals surface area contributed by atoms with Gasteiger partial charge in [-0.05, 0) is 18.4 Å². The number of carbonyl (C=O) groups excluding carboxylic acids is 3. The average Bonchev–Trinajstić information content (AvgIpc) is 3.09. The van der Waals surface area contributed by atoms with E-state index in [0.717, 1.165) is 10.5 Å². The highest BCUT2D eigenvalue weighted by Crippen LogP contribution is 2.41. The van der Waals surface area contributed by atoms with Crippen LogP contribution in [0.3, 0.4) is 0 Å². The van der Waals surface area contributed by atoms with Crippen LogP contribution in [0, 0.1) is 0 Å². The predicted octanol–water partition coefficient (Wildman–Crippen LogP) is 2.79. The summed E-state index contributed by atoms with van der Waals surface area (Å²) in [5, 5.41) is 0. The molecule has 0 spiro atoms. The molecule has 172 valence electrons. The van der Waals surface area contributed by atoms with Crippen molar-refractivity contribution in [2.45, 2.75) is 43.0 Å². The monoisotopic (exact) mass is 469 g/mol. The molecule has 0 radical (unpaired) electrons. The van der Waals surface area contributed by atoms with E-state index >= 15 is 0 Å². The van der Waals surface area contributed by atoms with Crippen LogP contribution < -0.4 is 0 Å². The molecule has 0 saturated carbocycles. The molecule has 0 aromatic heterocycles. The number of nitrogens with zero attached hydrogens (tertiary/aromatic N) is 1. The normalized spacial score (nSPS) is 31.2. The number of carbonyl (C=O) groups is 3. The minimum atomic E-state index is -0.920. The van der Waals surface area contributed by atoms with Gasteiger partial charge < -0.3 is 18.9 Å². The Kier molecular flexibility index (Phi) is 5.96. The summed E-state index contributed by atoms with van der Waals surface area (Å²) in [6.07, 6.45) is -1.05. The lowest BCUT2D eigenvalue weighted by atomic mass is 9.95. The summed E-state index contributed by atoms with van der Waals surface area (Å²) in [7, 11) is 0. The highest BCUT2D eigenvalue weighted by molar-refractivity contribution is 7.99. The number of hydrogen-bond acceptors (Lipinski definition) is 8. The van der Waals surface area contributed by atoms with Crippen molar-refractivity contribution in [1.29, 1.82) is 0 Å². The fraction of sp³-hybridized carbons (Fsp3) is 0.375. The lowest BCUT2D eigenvalue weighted by Gasteiger charge is -2.50. The molecule has 0 bridgehead atoms. The molecule has 2 amide bonds. The Morgan fingerprint density at radius 2 is 1.64 bits per heavy atom. The SMILES string of the molecule is CS[C@@H]1O[C@@H]2CO[C@H](c3ccccc3)O[C@@H]2[C@H](OC(C)=O)[C@H]1N1C(=O)c2ccccc2C1=O. The molecule has 6 atom stereocenters. The molecule has 0 unspecified atom stereocenters. The Labute approximate surface area is 195 Å². The second-order valence-corrected chi connectivity index (χ2v) is 8.98. The lowest BCUT2D eigenvalue weighted by molar-refractivity contribution is -0.311. The fourth-order valence-corrected chi connectivity index (χ4v) is 5.42. The first-order valence-corrected chi connectivity index (χ1v) is 11.9. The molecule has 2 aromatic rings. The Morgan fingerprint density at radius 1 is 1.00 bits per heavy atom. The van der Waals surface area contributed by atoms with Gasteiger partial charge in [0.1, 0.15) is 23.7 Å². The molecule has 3 aliphatic heterocycles. The molecule has 9 heteroatoms. The largest absolute Gasteiger partial charge is 0.457 e. The van der Waals surface area contributed by atoms with Crippen molar-refractivity contribution in [3.05, 3.63) is 71.3 Å². The molecule has 2 aromatic carbocycles. The Hall–Kier alpha value is -2.72. The van der Waals surface area contributed by atoms with Crippen molar-refractivity contribution < 1.29 is 33.3 Å². The van der Waals surface area contributed by atoms with E-state index in [0.29, 0.717) is 11.1 Å². The molecule has 0 aliphatic carbocycles. The molecule has 33 heavy (non-hydrogen) atoms. The number of ether oxygens (including phenoxy) is 4. The number of amides is 2. The summed E-state index contributed by atoms with van der Waals surface area (Å²) in [6.45, 7) is 1.51. The smallest absolute Gasteiger partial charge is 0.303 e. The molecule has 3 aliphatic rings. The first kappa shape index (κ1) is 22.1. The van der Waals surface area contributed by atoms with Crippen LogP contribution in [0.2, 0.25) is 0 Å². The number of fused-ring (bicyclic) bond motifs is 2. The number of hydrogen-bond donors (Lipinski definition) is 0. The maximum absolute atomic E-state index is 13.3.